The zero-order valence-corrected chi connectivity index (χ0v) is 14.4. The van der Waals surface area contributed by atoms with Gasteiger partial charge in [0.1, 0.15) is 0 Å². The van der Waals surface area contributed by atoms with E-state index in [1.165, 1.54) is 32.4 Å². The largest absolute Gasteiger partial charge is 0.493 e. The lowest BCUT2D eigenvalue weighted by Gasteiger charge is -2.10. The van der Waals surface area contributed by atoms with Gasteiger partial charge in [-0.05, 0) is 18.6 Å². The number of hydrogen-bond donors (Lipinski definition) is 1. The molecular weight excluding hydrogens is 322 g/mol. The second kappa shape index (κ2) is 9.36. The molecule has 0 aliphatic carbocycles. The molecule has 0 aliphatic rings. The minimum atomic E-state index is -3.57. The number of amides is 1. The van der Waals surface area contributed by atoms with Gasteiger partial charge in [0.25, 0.3) is 0 Å². The molecule has 0 saturated heterocycles. The molecule has 23 heavy (non-hydrogen) atoms. The monoisotopic (exact) mass is 345 g/mol. The molecule has 1 aromatic carbocycles. The molecule has 0 saturated carbocycles. The Kier molecular flexibility index (Phi) is 7.84. The highest BCUT2D eigenvalue weighted by molar-refractivity contribution is 7.91. The Labute approximate surface area is 136 Å². The summed E-state index contributed by atoms with van der Waals surface area (Å²) in [5.41, 5.74) is 0. The SMILES string of the molecule is COCCCNC(=O)CCS(=O)(=O)c1ccc(OC)c(OC)c1. The number of ether oxygens (including phenoxy) is 3. The van der Waals surface area contributed by atoms with Crippen LogP contribution in [-0.4, -0.2) is 54.6 Å². The molecule has 0 aromatic heterocycles. The van der Waals surface area contributed by atoms with Crippen LogP contribution in [0.15, 0.2) is 23.1 Å². The Morgan fingerprint density at radius 1 is 1.13 bits per heavy atom. The van der Waals surface area contributed by atoms with Crippen LogP contribution in [0.2, 0.25) is 0 Å². The number of sulfone groups is 1. The third kappa shape index (κ3) is 6.07. The van der Waals surface area contributed by atoms with Crippen LogP contribution in [0.1, 0.15) is 12.8 Å². The molecule has 0 aliphatic heterocycles. The van der Waals surface area contributed by atoms with Crippen molar-refractivity contribution in [2.75, 3.05) is 40.2 Å². The van der Waals surface area contributed by atoms with Crippen molar-refractivity contribution < 1.29 is 27.4 Å². The fourth-order valence-electron chi connectivity index (χ4n) is 1.89. The molecule has 0 heterocycles. The number of carbonyl (C=O) groups excluding carboxylic acids is 1. The first-order valence-electron chi connectivity index (χ1n) is 7.15. The second-order valence-corrected chi connectivity index (χ2v) is 6.89. The number of methoxy groups -OCH3 is 3. The van der Waals surface area contributed by atoms with Gasteiger partial charge in [0, 0.05) is 32.7 Å². The first kappa shape index (κ1) is 19.2. The molecule has 0 unspecified atom stereocenters. The Hall–Kier alpha value is -1.80. The number of rotatable bonds is 10. The maximum Gasteiger partial charge on any atom is 0.221 e. The van der Waals surface area contributed by atoms with Gasteiger partial charge in [0.15, 0.2) is 21.3 Å². The average Bonchev–Trinajstić information content (AvgIpc) is 2.56. The summed E-state index contributed by atoms with van der Waals surface area (Å²) in [5, 5.41) is 2.65. The Balaban J connectivity index is 2.64. The van der Waals surface area contributed by atoms with Crippen LogP contribution in [0.4, 0.5) is 0 Å². The lowest BCUT2D eigenvalue weighted by Crippen LogP contribution is -2.27. The van der Waals surface area contributed by atoms with Crippen LogP contribution in [-0.2, 0) is 19.4 Å². The zero-order chi connectivity index (χ0) is 17.3. The molecule has 1 N–H and O–H groups in total. The molecule has 0 spiro atoms. The fourth-order valence-corrected chi connectivity index (χ4v) is 3.14. The highest BCUT2D eigenvalue weighted by atomic mass is 32.2. The highest BCUT2D eigenvalue weighted by Crippen LogP contribution is 2.29. The number of benzene rings is 1. The van der Waals surface area contributed by atoms with Gasteiger partial charge in [-0.1, -0.05) is 0 Å². The Morgan fingerprint density at radius 3 is 2.43 bits per heavy atom. The third-order valence-corrected chi connectivity index (χ3v) is 4.87. The standard InChI is InChI=1S/C15H23NO6S/c1-20-9-4-8-16-15(17)7-10-23(18,19)12-5-6-13(21-2)14(11-12)22-3/h5-6,11H,4,7-10H2,1-3H3,(H,16,17). The van der Waals surface area contributed by atoms with Crippen molar-refractivity contribution in [1.29, 1.82) is 0 Å². The van der Waals surface area contributed by atoms with Crippen molar-refractivity contribution in [3.8, 4) is 11.5 Å². The van der Waals surface area contributed by atoms with Gasteiger partial charge in [0.2, 0.25) is 5.91 Å². The topological polar surface area (TPSA) is 90.9 Å². The van der Waals surface area contributed by atoms with Gasteiger partial charge >= 0.3 is 0 Å². The first-order valence-corrected chi connectivity index (χ1v) is 8.80. The van der Waals surface area contributed by atoms with E-state index in [0.29, 0.717) is 31.1 Å². The van der Waals surface area contributed by atoms with Crippen LogP contribution in [0.3, 0.4) is 0 Å². The van der Waals surface area contributed by atoms with E-state index in [9.17, 15) is 13.2 Å². The van der Waals surface area contributed by atoms with Crippen LogP contribution in [0.5, 0.6) is 11.5 Å². The Bertz CT molecular complexity index is 614. The van der Waals surface area contributed by atoms with E-state index >= 15 is 0 Å². The number of nitrogens with one attached hydrogen (secondary N) is 1. The smallest absolute Gasteiger partial charge is 0.221 e. The molecule has 1 rings (SSSR count). The van der Waals surface area contributed by atoms with E-state index in [4.69, 9.17) is 14.2 Å². The predicted octanol–water partition coefficient (Wildman–Crippen LogP) is 1.02. The average molecular weight is 345 g/mol. The summed E-state index contributed by atoms with van der Waals surface area (Å²) < 4.78 is 39.6. The normalized spacial score (nSPS) is 11.1. The molecule has 1 aromatic rings. The van der Waals surface area contributed by atoms with E-state index in [-0.39, 0.29) is 23.0 Å². The van der Waals surface area contributed by atoms with Crippen LogP contribution >= 0.6 is 0 Å². The summed E-state index contributed by atoms with van der Waals surface area (Å²) in [6.07, 6.45) is 0.592. The predicted molar refractivity (Wildman–Crippen MR) is 85.7 cm³/mol. The molecule has 0 radical (unpaired) electrons. The van der Waals surface area contributed by atoms with E-state index in [1.807, 2.05) is 0 Å². The molecule has 7 nitrogen and oxygen atoms in total. The van der Waals surface area contributed by atoms with Crippen LogP contribution < -0.4 is 14.8 Å². The van der Waals surface area contributed by atoms with Crippen molar-refractivity contribution in [1.82, 2.24) is 5.32 Å². The minimum Gasteiger partial charge on any atom is -0.493 e. The maximum absolute atomic E-state index is 12.3. The van der Waals surface area contributed by atoms with E-state index in [1.54, 1.807) is 7.11 Å². The molecule has 0 bridgehead atoms. The quantitative estimate of drug-likeness (QED) is 0.637. The molecule has 1 amide bonds. The van der Waals surface area contributed by atoms with Crippen molar-refractivity contribution in [3.63, 3.8) is 0 Å². The van der Waals surface area contributed by atoms with Crippen molar-refractivity contribution in [2.24, 2.45) is 0 Å². The van der Waals surface area contributed by atoms with Crippen LogP contribution in [0, 0.1) is 0 Å². The van der Waals surface area contributed by atoms with Gasteiger partial charge in [-0.15, -0.1) is 0 Å². The van der Waals surface area contributed by atoms with Crippen molar-refractivity contribution in [2.45, 2.75) is 17.7 Å². The van der Waals surface area contributed by atoms with Gasteiger partial charge in [-0.3, -0.25) is 4.79 Å². The highest BCUT2D eigenvalue weighted by Gasteiger charge is 2.18. The minimum absolute atomic E-state index is 0.0936. The van der Waals surface area contributed by atoms with Gasteiger partial charge in [-0.2, -0.15) is 0 Å². The lowest BCUT2D eigenvalue weighted by molar-refractivity contribution is -0.120. The number of carbonyl (C=O) groups is 1. The summed E-state index contributed by atoms with van der Waals surface area (Å²) in [4.78, 5) is 11.7. The van der Waals surface area contributed by atoms with Gasteiger partial charge in [-0.25, -0.2) is 8.42 Å². The fraction of sp³-hybridized carbons (Fsp3) is 0.533. The third-order valence-electron chi connectivity index (χ3n) is 3.16. The van der Waals surface area contributed by atoms with Gasteiger partial charge in [0.05, 0.1) is 24.9 Å². The van der Waals surface area contributed by atoms with Gasteiger partial charge < -0.3 is 19.5 Å². The lowest BCUT2D eigenvalue weighted by atomic mass is 10.3. The molecular formula is C15H23NO6S. The summed E-state index contributed by atoms with van der Waals surface area (Å²) in [7, 11) is 0.916. The van der Waals surface area contributed by atoms with Crippen LogP contribution in [0.25, 0.3) is 0 Å². The van der Waals surface area contributed by atoms with E-state index < -0.39 is 9.84 Å². The Morgan fingerprint density at radius 2 is 1.83 bits per heavy atom. The van der Waals surface area contributed by atoms with Crippen molar-refractivity contribution >= 4 is 15.7 Å². The number of hydrogen-bond acceptors (Lipinski definition) is 6. The summed E-state index contributed by atoms with van der Waals surface area (Å²) in [6, 6.07) is 4.36. The summed E-state index contributed by atoms with van der Waals surface area (Å²) >= 11 is 0. The summed E-state index contributed by atoms with van der Waals surface area (Å²) in [5.74, 6) is 0.212. The van der Waals surface area contributed by atoms with E-state index in [2.05, 4.69) is 5.32 Å². The molecule has 0 atom stereocenters. The van der Waals surface area contributed by atoms with E-state index in [0.717, 1.165) is 0 Å². The molecule has 8 heteroatoms. The first-order chi connectivity index (χ1) is 10.9. The van der Waals surface area contributed by atoms with Crippen molar-refractivity contribution in [3.05, 3.63) is 18.2 Å². The maximum atomic E-state index is 12.3. The zero-order valence-electron chi connectivity index (χ0n) is 13.6. The second-order valence-electron chi connectivity index (χ2n) is 4.78. The molecule has 130 valence electrons. The summed E-state index contributed by atoms with van der Waals surface area (Å²) in [6.45, 7) is 1.01. The molecule has 0 fully saturated rings.